The molecule has 3 aromatic rings. The smallest absolute Gasteiger partial charge is 0.411 e. The first-order valence-corrected chi connectivity index (χ1v) is 10.8. The molecule has 0 saturated heterocycles. The molecule has 4 rings (SSSR count). The van der Waals surface area contributed by atoms with E-state index in [1.165, 1.54) is 6.08 Å². The zero-order valence-electron chi connectivity index (χ0n) is 18.6. The van der Waals surface area contributed by atoms with Crippen molar-refractivity contribution in [2.24, 2.45) is 0 Å². The van der Waals surface area contributed by atoms with E-state index in [0.29, 0.717) is 16.8 Å². The Morgan fingerprint density at radius 2 is 1.62 bits per heavy atom. The molecule has 1 aliphatic carbocycles. The number of aliphatic carboxylic acids is 1. The minimum absolute atomic E-state index is 0.0273. The van der Waals surface area contributed by atoms with Gasteiger partial charge >= 0.3 is 12.1 Å². The summed E-state index contributed by atoms with van der Waals surface area (Å²) < 4.78 is 5.58. The van der Waals surface area contributed by atoms with E-state index >= 15 is 0 Å². The maximum absolute atomic E-state index is 12.5. The fourth-order valence-corrected chi connectivity index (χ4v) is 4.10. The molecule has 3 N–H and O–H groups in total. The normalized spacial score (nSPS) is 12.1. The fraction of sp³-hybridized carbons (Fsp3) is 0.148. The first kappa shape index (κ1) is 22.8. The number of aryl methyl sites for hydroxylation is 1. The Morgan fingerprint density at radius 3 is 2.24 bits per heavy atom. The molecule has 0 aliphatic heterocycles. The predicted octanol–water partition coefficient (Wildman–Crippen LogP) is 4.73. The first-order chi connectivity index (χ1) is 16.4. The van der Waals surface area contributed by atoms with Crippen LogP contribution in [0.25, 0.3) is 11.1 Å². The van der Waals surface area contributed by atoms with Crippen molar-refractivity contribution in [3.63, 3.8) is 0 Å². The summed E-state index contributed by atoms with van der Waals surface area (Å²) in [5.74, 6) is -1.44. The van der Waals surface area contributed by atoms with Gasteiger partial charge in [0.05, 0.1) is 0 Å². The van der Waals surface area contributed by atoms with E-state index in [9.17, 15) is 14.4 Å². The minimum Gasteiger partial charge on any atom is -0.478 e. The fourth-order valence-electron chi connectivity index (χ4n) is 4.10. The molecule has 34 heavy (non-hydrogen) atoms. The number of rotatable bonds is 7. The van der Waals surface area contributed by atoms with E-state index in [1.807, 2.05) is 24.3 Å². The van der Waals surface area contributed by atoms with Crippen LogP contribution in [0.1, 0.15) is 33.0 Å². The largest absolute Gasteiger partial charge is 0.478 e. The quantitative estimate of drug-likeness (QED) is 0.446. The van der Waals surface area contributed by atoms with E-state index in [4.69, 9.17) is 9.84 Å². The lowest BCUT2D eigenvalue weighted by Gasteiger charge is -2.15. The molecule has 0 aromatic heterocycles. The van der Waals surface area contributed by atoms with Gasteiger partial charge in [0.2, 0.25) is 0 Å². The van der Waals surface area contributed by atoms with Gasteiger partial charge in [0.1, 0.15) is 6.61 Å². The molecule has 0 atom stereocenters. The summed E-state index contributed by atoms with van der Waals surface area (Å²) in [5.41, 5.74) is 6.24. The van der Waals surface area contributed by atoms with Gasteiger partial charge < -0.3 is 15.2 Å². The number of carboxylic acid groups (broad SMARTS) is 1. The molecule has 0 fully saturated rings. The molecular weight excluding hydrogens is 432 g/mol. The Balaban J connectivity index is 1.37. The molecule has 0 radical (unpaired) electrons. The maximum Gasteiger partial charge on any atom is 0.411 e. The lowest BCUT2D eigenvalue weighted by molar-refractivity contribution is -0.131. The summed E-state index contributed by atoms with van der Waals surface area (Å²) in [4.78, 5) is 35.2. The van der Waals surface area contributed by atoms with E-state index in [1.54, 1.807) is 25.1 Å². The Hall–Kier alpha value is -4.39. The van der Waals surface area contributed by atoms with Crippen molar-refractivity contribution in [3.8, 4) is 11.1 Å². The number of hydrogen-bond donors (Lipinski definition) is 3. The number of carbonyl (C=O) groups excluding carboxylic acids is 2. The van der Waals surface area contributed by atoms with Gasteiger partial charge in [-0.3, -0.25) is 10.1 Å². The number of hydrogen-bond acceptors (Lipinski definition) is 4. The number of benzene rings is 3. The summed E-state index contributed by atoms with van der Waals surface area (Å²) in [6.45, 7) is 2.09. The number of carbonyl (C=O) groups is 3. The summed E-state index contributed by atoms with van der Waals surface area (Å²) in [6, 6.07) is 21.1. The van der Waals surface area contributed by atoms with Crippen molar-refractivity contribution in [2.45, 2.75) is 12.8 Å². The van der Waals surface area contributed by atoms with Crippen LogP contribution in [0.15, 0.2) is 78.9 Å². The highest BCUT2D eigenvalue weighted by Crippen LogP contribution is 2.44. The van der Waals surface area contributed by atoms with Gasteiger partial charge in [-0.2, -0.15) is 0 Å². The predicted molar refractivity (Wildman–Crippen MR) is 129 cm³/mol. The van der Waals surface area contributed by atoms with Gasteiger partial charge in [-0.1, -0.05) is 54.6 Å². The van der Waals surface area contributed by atoms with Gasteiger partial charge in [-0.05, 0) is 52.9 Å². The summed E-state index contributed by atoms with van der Waals surface area (Å²) in [5, 5.41) is 13.9. The van der Waals surface area contributed by atoms with Crippen LogP contribution in [0.3, 0.4) is 0 Å². The molecule has 0 saturated carbocycles. The summed E-state index contributed by atoms with van der Waals surface area (Å²) in [7, 11) is 0. The van der Waals surface area contributed by atoms with Crippen LogP contribution in [0.2, 0.25) is 0 Å². The van der Waals surface area contributed by atoms with E-state index in [2.05, 4.69) is 34.9 Å². The van der Waals surface area contributed by atoms with Crippen molar-refractivity contribution in [1.29, 1.82) is 0 Å². The van der Waals surface area contributed by atoms with Crippen LogP contribution in [-0.4, -0.2) is 36.2 Å². The highest BCUT2D eigenvalue weighted by molar-refractivity contribution is 5.96. The molecule has 2 amide bonds. The van der Waals surface area contributed by atoms with Gasteiger partial charge in [-0.25, -0.2) is 9.59 Å². The van der Waals surface area contributed by atoms with E-state index in [0.717, 1.165) is 28.3 Å². The zero-order valence-corrected chi connectivity index (χ0v) is 18.6. The second-order valence-electron chi connectivity index (χ2n) is 7.93. The lowest BCUT2D eigenvalue weighted by atomic mass is 9.98. The summed E-state index contributed by atoms with van der Waals surface area (Å²) >= 11 is 0. The Morgan fingerprint density at radius 1 is 0.971 bits per heavy atom. The Kier molecular flexibility index (Phi) is 6.73. The number of amides is 2. The van der Waals surface area contributed by atoms with Crippen LogP contribution in [0, 0.1) is 6.92 Å². The van der Waals surface area contributed by atoms with Crippen LogP contribution in [0.5, 0.6) is 0 Å². The third kappa shape index (κ3) is 4.99. The van der Waals surface area contributed by atoms with Gasteiger partial charge in [-0.15, -0.1) is 0 Å². The van der Waals surface area contributed by atoms with Crippen molar-refractivity contribution in [3.05, 3.63) is 101 Å². The molecule has 3 aromatic carbocycles. The van der Waals surface area contributed by atoms with E-state index in [-0.39, 0.29) is 25.0 Å². The van der Waals surface area contributed by atoms with E-state index < -0.39 is 12.1 Å². The molecule has 0 bridgehead atoms. The lowest BCUT2D eigenvalue weighted by Crippen LogP contribution is -2.23. The van der Waals surface area contributed by atoms with Crippen LogP contribution in [-0.2, 0) is 9.53 Å². The maximum atomic E-state index is 12.5. The monoisotopic (exact) mass is 456 g/mol. The average Bonchev–Trinajstić information content (AvgIpc) is 3.15. The Labute approximate surface area is 197 Å². The van der Waals surface area contributed by atoms with Crippen LogP contribution in [0.4, 0.5) is 10.5 Å². The van der Waals surface area contributed by atoms with Crippen molar-refractivity contribution in [1.82, 2.24) is 5.32 Å². The molecule has 0 spiro atoms. The molecule has 1 aliphatic rings. The molecule has 0 heterocycles. The number of ether oxygens (including phenoxy) is 1. The number of nitrogens with one attached hydrogen (secondary N) is 2. The second kappa shape index (κ2) is 10.0. The van der Waals surface area contributed by atoms with Crippen molar-refractivity contribution in [2.75, 3.05) is 18.5 Å². The van der Waals surface area contributed by atoms with Gasteiger partial charge in [0, 0.05) is 29.8 Å². The zero-order chi connectivity index (χ0) is 24.1. The highest BCUT2D eigenvalue weighted by atomic mass is 16.5. The summed E-state index contributed by atoms with van der Waals surface area (Å²) in [6.07, 6.45) is 1.74. The average molecular weight is 456 g/mol. The molecule has 7 heteroatoms. The number of fused-ring (bicyclic) bond motifs is 3. The number of anilines is 1. The van der Waals surface area contributed by atoms with Gasteiger partial charge in [0.25, 0.3) is 5.91 Å². The third-order valence-electron chi connectivity index (χ3n) is 5.71. The SMILES string of the molecule is Cc1cc(C(=O)NC/C=C/C(=O)O)ccc1NC(=O)OCC1c2ccccc2-c2ccccc21. The third-order valence-corrected chi connectivity index (χ3v) is 5.71. The topological polar surface area (TPSA) is 105 Å². The van der Waals surface area contributed by atoms with Gasteiger partial charge in [0.15, 0.2) is 0 Å². The Bertz CT molecular complexity index is 1240. The molecular formula is C27H24N2O5. The molecule has 7 nitrogen and oxygen atoms in total. The van der Waals surface area contributed by atoms with Crippen molar-refractivity contribution >= 4 is 23.7 Å². The standard InChI is InChI=1S/C27H24N2O5/c1-17-15-18(26(32)28-14-6-11-25(30)31)12-13-24(17)29-27(33)34-16-23-21-9-4-2-7-19(21)20-8-3-5-10-22(20)23/h2-13,15,23H,14,16H2,1H3,(H,28,32)(H,29,33)(H,30,31)/b11-6+. The molecule has 0 unspecified atom stereocenters. The highest BCUT2D eigenvalue weighted by Gasteiger charge is 2.29. The first-order valence-electron chi connectivity index (χ1n) is 10.8. The van der Waals surface area contributed by atoms with Crippen LogP contribution >= 0.6 is 0 Å². The second-order valence-corrected chi connectivity index (χ2v) is 7.93. The van der Waals surface area contributed by atoms with Crippen LogP contribution < -0.4 is 10.6 Å². The minimum atomic E-state index is -1.08. The molecule has 172 valence electrons. The number of carboxylic acids is 1. The van der Waals surface area contributed by atoms with Crippen molar-refractivity contribution < 1.29 is 24.2 Å².